The lowest BCUT2D eigenvalue weighted by Gasteiger charge is -2.17. The summed E-state index contributed by atoms with van der Waals surface area (Å²) < 4.78 is 28.1. The molecule has 2 aromatic carbocycles. The lowest BCUT2D eigenvalue weighted by molar-refractivity contribution is 0.600. The lowest BCUT2D eigenvalue weighted by Crippen LogP contribution is -2.19. The van der Waals surface area contributed by atoms with Crippen molar-refractivity contribution in [2.75, 3.05) is 28.0 Å². The minimum atomic E-state index is -3.74. The van der Waals surface area contributed by atoms with E-state index in [1.807, 2.05) is 13.0 Å². The van der Waals surface area contributed by atoms with Crippen LogP contribution >= 0.6 is 11.6 Å². The maximum Gasteiger partial charge on any atom is 0.262 e. The van der Waals surface area contributed by atoms with Gasteiger partial charge >= 0.3 is 0 Å². The van der Waals surface area contributed by atoms with Gasteiger partial charge in [-0.05, 0) is 68.7 Å². The predicted octanol–water partition coefficient (Wildman–Crippen LogP) is 4.89. The van der Waals surface area contributed by atoms with Gasteiger partial charge in [0.05, 0.1) is 4.90 Å². The van der Waals surface area contributed by atoms with Crippen molar-refractivity contribution in [2.24, 2.45) is 0 Å². The molecule has 0 saturated carbocycles. The Morgan fingerprint density at radius 3 is 2.32 bits per heavy atom. The van der Waals surface area contributed by atoms with Crippen LogP contribution in [-0.2, 0) is 10.0 Å². The largest absolute Gasteiger partial charge is 0.356 e. The number of aryl methyl sites for hydroxylation is 2. The van der Waals surface area contributed by atoms with Crippen LogP contribution in [0.25, 0.3) is 0 Å². The molecule has 1 fully saturated rings. The topological polar surface area (TPSA) is 87.2 Å². The summed E-state index contributed by atoms with van der Waals surface area (Å²) in [6.07, 6.45) is 2.36. The first-order chi connectivity index (χ1) is 14.8. The van der Waals surface area contributed by atoms with E-state index in [4.69, 9.17) is 11.6 Å². The first kappa shape index (κ1) is 21.4. The normalized spacial score (nSPS) is 14.0. The van der Waals surface area contributed by atoms with Crippen LogP contribution in [0.5, 0.6) is 0 Å². The summed E-state index contributed by atoms with van der Waals surface area (Å²) in [6, 6.07) is 13.7. The highest BCUT2D eigenvalue weighted by molar-refractivity contribution is 7.92. The molecule has 162 valence electrons. The average molecular weight is 458 g/mol. The number of hydrogen-bond donors (Lipinski definition) is 2. The standard InChI is InChI=1S/C22H24ClN5O2S/c1-15-5-6-17(23)14-20(15)31(29,30)27-19-9-7-18(8-10-19)25-22-24-16(2)13-21(26-22)28-11-3-4-12-28/h5-10,13-14,27H,3-4,11-12H2,1-2H3,(H,24,25,26). The number of halogens is 1. The van der Waals surface area contributed by atoms with Crippen molar-refractivity contribution in [3.8, 4) is 0 Å². The van der Waals surface area contributed by atoms with Crippen molar-refractivity contribution in [2.45, 2.75) is 31.6 Å². The number of hydrogen-bond acceptors (Lipinski definition) is 6. The molecule has 1 aliphatic heterocycles. The van der Waals surface area contributed by atoms with E-state index in [1.165, 1.54) is 18.9 Å². The van der Waals surface area contributed by atoms with Crippen molar-refractivity contribution in [1.82, 2.24) is 9.97 Å². The van der Waals surface area contributed by atoms with E-state index in [0.29, 0.717) is 22.2 Å². The van der Waals surface area contributed by atoms with Gasteiger partial charge in [0.25, 0.3) is 10.0 Å². The Kier molecular flexibility index (Phi) is 6.02. The van der Waals surface area contributed by atoms with Gasteiger partial charge in [0.15, 0.2) is 0 Å². The number of nitrogens with one attached hydrogen (secondary N) is 2. The molecule has 3 aromatic rings. The molecule has 0 radical (unpaired) electrons. The smallest absolute Gasteiger partial charge is 0.262 e. The van der Waals surface area contributed by atoms with E-state index in [1.54, 1.807) is 43.3 Å². The Morgan fingerprint density at radius 2 is 1.61 bits per heavy atom. The van der Waals surface area contributed by atoms with Crippen molar-refractivity contribution in [3.05, 3.63) is 64.8 Å². The quantitative estimate of drug-likeness (QED) is 0.547. The van der Waals surface area contributed by atoms with Crippen LogP contribution in [0.15, 0.2) is 53.4 Å². The van der Waals surface area contributed by atoms with E-state index in [9.17, 15) is 8.42 Å². The number of sulfonamides is 1. The Hall–Kier alpha value is -2.84. The van der Waals surface area contributed by atoms with E-state index in [-0.39, 0.29) is 4.90 Å². The zero-order valence-electron chi connectivity index (χ0n) is 17.4. The van der Waals surface area contributed by atoms with Crippen molar-refractivity contribution < 1.29 is 8.42 Å². The van der Waals surface area contributed by atoms with Crippen LogP contribution in [0.1, 0.15) is 24.1 Å². The van der Waals surface area contributed by atoms with Crippen LogP contribution in [0.2, 0.25) is 5.02 Å². The summed E-state index contributed by atoms with van der Waals surface area (Å²) in [7, 11) is -3.74. The molecule has 0 bridgehead atoms. The van der Waals surface area contributed by atoms with Gasteiger partial charge < -0.3 is 10.2 Å². The Morgan fingerprint density at radius 1 is 0.935 bits per heavy atom. The molecule has 1 aliphatic rings. The fourth-order valence-corrected chi connectivity index (χ4v) is 5.11. The maximum atomic E-state index is 12.7. The van der Waals surface area contributed by atoms with Crippen molar-refractivity contribution in [3.63, 3.8) is 0 Å². The highest BCUT2D eigenvalue weighted by atomic mass is 35.5. The van der Waals surface area contributed by atoms with Gasteiger partial charge in [0, 0.05) is 41.2 Å². The first-order valence-corrected chi connectivity index (χ1v) is 11.9. The summed E-state index contributed by atoms with van der Waals surface area (Å²) in [4.78, 5) is 11.5. The molecule has 0 aliphatic carbocycles. The van der Waals surface area contributed by atoms with Gasteiger partial charge in [0.2, 0.25) is 5.95 Å². The van der Waals surface area contributed by atoms with Crippen LogP contribution in [0.3, 0.4) is 0 Å². The zero-order valence-corrected chi connectivity index (χ0v) is 19.0. The van der Waals surface area contributed by atoms with Crippen LogP contribution in [0, 0.1) is 13.8 Å². The van der Waals surface area contributed by atoms with Gasteiger partial charge in [-0.1, -0.05) is 17.7 Å². The Labute approximate surface area is 187 Å². The number of anilines is 4. The minimum Gasteiger partial charge on any atom is -0.356 e. The highest BCUT2D eigenvalue weighted by Crippen LogP contribution is 2.25. The molecule has 0 atom stereocenters. The average Bonchev–Trinajstić information content (AvgIpc) is 3.26. The second kappa shape index (κ2) is 8.72. The molecule has 31 heavy (non-hydrogen) atoms. The number of nitrogens with zero attached hydrogens (tertiary/aromatic N) is 3. The van der Waals surface area contributed by atoms with Crippen molar-refractivity contribution in [1.29, 1.82) is 0 Å². The molecule has 1 saturated heterocycles. The summed E-state index contributed by atoms with van der Waals surface area (Å²) in [5.74, 6) is 1.44. The van der Waals surface area contributed by atoms with E-state index in [2.05, 4.69) is 24.9 Å². The van der Waals surface area contributed by atoms with E-state index >= 15 is 0 Å². The molecule has 2 N–H and O–H groups in total. The summed E-state index contributed by atoms with van der Waals surface area (Å²) >= 11 is 5.97. The molecule has 0 amide bonds. The zero-order chi connectivity index (χ0) is 22.0. The molecular formula is C22H24ClN5O2S. The predicted molar refractivity (Wildman–Crippen MR) is 125 cm³/mol. The molecule has 0 unspecified atom stereocenters. The number of rotatable bonds is 6. The monoisotopic (exact) mass is 457 g/mol. The lowest BCUT2D eigenvalue weighted by atomic mass is 10.2. The first-order valence-electron chi connectivity index (χ1n) is 10.1. The molecule has 0 spiro atoms. The van der Waals surface area contributed by atoms with Gasteiger partial charge in [-0.2, -0.15) is 4.98 Å². The summed E-state index contributed by atoms with van der Waals surface area (Å²) in [5.41, 5.74) is 2.73. The van der Waals surface area contributed by atoms with Crippen LogP contribution in [0.4, 0.5) is 23.1 Å². The molecule has 9 heteroatoms. The van der Waals surface area contributed by atoms with Crippen molar-refractivity contribution >= 4 is 44.8 Å². The fourth-order valence-electron chi connectivity index (χ4n) is 3.54. The molecular weight excluding hydrogens is 434 g/mol. The summed E-state index contributed by atoms with van der Waals surface area (Å²) in [5, 5.41) is 3.58. The third-order valence-electron chi connectivity index (χ3n) is 5.10. The van der Waals surface area contributed by atoms with Crippen LogP contribution < -0.4 is 14.9 Å². The third-order valence-corrected chi connectivity index (χ3v) is 6.86. The number of aromatic nitrogens is 2. The fraction of sp³-hybridized carbons (Fsp3) is 0.273. The SMILES string of the molecule is Cc1cc(N2CCCC2)nc(Nc2ccc(NS(=O)(=O)c3cc(Cl)ccc3C)cc2)n1. The van der Waals surface area contributed by atoms with Crippen LogP contribution in [-0.4, -0.2) is 31.5 Å². The third kappa shape index (κ3) is 5.08. The second-order valence-electron chi connectivity index (χ2n) is 7.60. The van der Waals surface area contributed by atoms with Gasteiger partial charge in [-0.3, -0.25) is 4.72 Å². The molecule has 4 rings (SSSR count). The molecule has 1 aromatic heterocycles. The summed E-state index contributed by atoms with van der Waals surface area (Å²) in [6.45, 7) is 5.70. The van der Waals surface area contributed by atoms with E-state index in [0.717, 1.165) is 30.3 Å². The van der Waals surface area contributed by atoms with E-state index < -0.39 is 10.0 Å². The van der Waals surface area contributed by atoms with Gasteiger partial charge in [-0.15, -0.1) is 0 Å². The molecule has 2 heterocycles. The van der Waals surface area contributed by atoms with Gasteiger partial charge in [0.1, 0.15) is 5.82 Å². The van der Waals surface area contributed by atoms with Gasteiger partial charge in [-0.25, -0.2) is 13.4 Å². The Bertz CT molecular complexity index is 1190. The second-order valence-corrected chi connectivity index (χ2v) is 9.69. The Balaban J connectivity index is 1.49. The number of benzene rings is 2. The molecule has 7 nitrogen and oxygen atoms in total. The highest BCUT2D eigenvalue weighted by Gasteiger charge is 2.18. The maximum absolute atomic E-state index is 12.7. The minimum absolute atomic E-state index is 0.157.